The maximum Gasteiger partial charge on any atom is 0.335 e. The second kappa shape index (κ2) is 7.48. The Hall–Kier alpha value is -1.95. The fraction of sp³-hybridized carbons (Fsp3) is 0.462. The summed E-state index contributed by atoms with van der Waals surface area (Å²) in [5.74, 6) is -1.33. The molecular formula is C13H19N3O3. The molecule has 1 atom stereocenters. The molecule has 1 unspecified atom stereocenters. The Morgan fingerprint density at radius 2 is 2.26 bits per heavy atom. The van der Waals surface area contributed by atoms with E-state index < -0.39 is 5.97 Å². The van der Waals surface area contributed by atoms with Gasteiger partial charge in [-0.1, -0.05) is 13.3 Å². The van der Waals surface area contributed by atoms with E-state index in [2.05, 4.69) is 10.3 Å². The number of nitrogens with two attached hydrogens (primary N) is 1. The number of nitrogens with zero attached hydrogens (tertiary/aromatic N) is 1. The van der Waals surface area contributed by atoms with Crippen LogP contribution in [0.25, 0.3) is 0 Å². The van der Waals surface area contributed by atoms with Gasteiger partial charge in [0.15, 0.2) is 0 Å². The molecular weight excluding hydrogens is 246 g/mol. The number of aromatic nitrogens is 1. The second-order valence-corrected chi connectivity index (χ2v) is 4.28. The summed E-state index contributed by atoms with van der Waals surface area (Å²) in [4.78, 5) is 26.6. The first-order chi connectivity index (χ1) is 9.08. The predicted octanol–water partition coefficient (Wildman–Crippen LogP) is 0.771. The maximum atomic E-state index is 11.8. The normalized spacial score (nSPS) is 11.9. The van der Waals surface area contributed by atoms with Gasteiger partial charge in [0.2, 0.25) is 5.91 Å². The van der Waals surface area contributed by atoms with Crippen molar-refractivity contribution < 1.29 is 14.7 Å². The number of carbonyl (C=O) groups excluding carboxylic acids is 1. The van der Waals surface area contributed by atoms with Crippen molar-refractivity contribution in [3.63, 3.8) is 0 Å². The van der Waals surface area contributed by atoms with Crippen LogP contribution in [0.4, 0.5) is 0 Å². The third-order valence-electron chi connectivity index (χ3n) is 2.80. The highest BCUT2D eigenvalue weighted by Gasteiger charge is 2.15. The molecule has 6 nitrogen and oxygen atoms in total. The lowest BCUT2D eigenvalue weighted by molar-refractivity contribution is -0.125. The van der Waals surface area contributed by atoms with Crippen molar-refractivity contribution in [1.29, 1.82) is 0 Å². The lowest BCUT2D eigenvalue weighted by atomic mass is 10.0. The molecule has 0 fully saturated rings. The Kier molecular flexibility index (Phi) is 5.95. The van der Waals surface area contributed by atoms with Gasteiger partial charge in [-0.05, 0) is 18.6 Å². The van der Waals surface area contributed by atoms with Gasteiger partial charge in [-0.3, -0.25) is 9.78 Å². The van der Waals surface area contributed by atoms with Crippen LogP contribution in [0, 0.1) is 5.92 Å². The van der Waals surface area contributed by atoms with Gasteiger partial charge in [0.1, 0.15) is 0 Å². The number of carboxylic acid groups (broad SMARTS) is 1. The van der Waals surface area contributed by atoms with Crippen molar-refractivity contribution >= 4 is 11.9 Å². The molecule has 0 saturated heterocycles. The van der Waals surface area contributed by atoms with Crippen LogP contribution in [0.3, 0.4) is 0 Å². The summed E-state index contributed by atoms with van der Waals surface area (Å²) in [6, 6.07) is 2.85. The summed E-state index contributed by atoms with van der Waals surface area (Å²) < 4.78 is 0. The fourth-order valence-electron chi connectivity index (χ4n) is 1.73. The smallest absolute Gasteiger partial charge is 0.335 e. The van der Waals surface area contributed by atoms with Gasteiger partial charge in [-0.2, -0.15) is 0 Å². The van der Waals surface area contributed by atoms with E-state index in [1.807, 2.05) is 6.92 Å². The molecule has 1 aromatic heterocycles. The molecule has 6 heteroatoms. The monoisotopic (exact) mass is 265 g/mol. The van der Waals surface area contributed by atoms with Crippen molar-refractivity contribution in [3.8, 4) is 0 Å². The number of hydrogen-bond acceptors (Lipinski definition) is 4. The molecule has 0 spiro atoms. The van der Waals surface area contributed by atoms with E-state index >= 15 is 0 Å². The molecule has 0 saturated carbocycles. The number of carbonyl (C=O) groups is 2. The van der Waals surface area contributed by atoms with Crippen LogP contribution in [-0.2, 0) is 11.3 Å². The Labute approximate surface area is 112 Å². The van der Waals surface area contributed by atoms with Gasteiger partial charge >= 0.3 is 5.97 Å². The summed E-state index contributed by atoms with van der Waals surface area (Å²) in [6.07, 6.45) is 3.05. The Morgan fingerprint density at radius 3 is 2.84 bits per heavy atom. The molecule has 104 valence electrons. The second-order valence-electron chi connectivity index (χ2n) is 4.28. The van der Waals surface area contributed by atoms with Gasteiger partial charge in [-0.25, -0.2) is 4.79 Å². The first-order valence-corrected chi connectivity index (χ1v) is 6.24. The van der Waals surface area contributed by atoms with Crippen LogP contribution < -0.4 is 11.1 Å². The van der Waals surface area contributed by atoms with Gasteiger partial charge in [-0.15, -0.1) is 0 Å². The molecule has 1 rings (SSSR count). The third kappa shape index (κ3) is 4.67. The number of amides is 1. The molecule has 19 heavy (non-hydrogen) atoms. The van der Waals surface area contributed by atoms with E-state index in [9.17, 15) is 9.59 Å². The van der Waals surface area contributed by atoms with Crippen molar-refractivity contribution in [2.24, 2.45) is 11.7 Å². The molecule has 4 N–H and O–H groups in total. The SMILES string of the molecule is CCCC(CN)C(=O)NCc1cc(C(=O)O)ccn1. The van der Waals surface area contributed by atoms with Gasteiger partial charge in [0, 0.05) is 12.7 Å². The lowest BCUT2D eigenvalue weighted by Crippen LogP contribution is -2.34. The summed E-state index contributed by atoms with van der Waals surface area (Å²) in [6.45, 7) is 2.51. The van der Waals surface area contributed by atoms with Crippen molar-refractivity contribution in [2.45, 2.75) is 26.3 Å². The maximum absolute atomic E-state index is 11.8. The minimum absolute atomic E-state index is 0.119. The molecule has 1 amide bonds. The van der Waals surface area contributed by atoms with Crippen molar-refractivity contribution in [2.75, 3.05) is 6.54 Å². The number of nitrogens with one attached hydrogen (secondary N) is 1. The fourth-order valence-corrected chi connectivity index (χ4v) is 1.73. The van der Waals surface area contributed by atoms with E-state index in [0.29, 0.717) is 12.2 Å². The Morgan fingerprint density at radius 1 is 1.53 bits per heavy atom. The van der Waals surface area contributed by atoms with Gasteiger partial charge < -0.3 is 16.2 Å². The standard InChI is InChI=1S/C13H19N3O3/c1-2-3-10(7-14)12(17)16-8-11-6-9(13(18)19)4-5-15-11/h4-6,10H,2-3,7-8,14H2,1H3,(H,16,17)(H,18,19). The first kappa shape index (κ1) is 15.1. The molecule has 0 aliphatic rings. The molecule has 1 aromatic rings. The first-order valence-electron chi connectivity index (χ1n) is 6.24. The number of aromatic carboxylic acids is 1. The summed E-state index contributed by atoms with van der Waals surface area (Å²) in [5, 5.41) is 11.6. The highest BCUT2D eigenvalue weighted by atomic mass is 16.4. The summed E-state index contributed by atoms with van der Waals surface area (Å²) in [5.41, 5.74) is 6.21. The van der Waals surface area contributed by atoms with Crippen molar-refractivity contribution in [1.82, 2.24) is 10.3 Å². The molecule has 0 aliphatic carbocycles. The minimum Gasteiger partial charge on any atom is -0.478 e. The molecule has 0 aromatic carbocycles. The topological polar surface area (TPSA) is 105 Å². The molecule has 0 radical (unpaired) electrons. The minimum atomic E-state index is -1.01. The zero-order valence-corrected chi connectivity index (χ0v) is 10.9. The molecule has 0 aliphatic heterocycles. The van der Waals surface area contributed by atoms with E-state index in [0.717, 1.165) is 12.8 Å². The average molecular weight is 265 g/mol. The van der Waals surface area contributed by atoms with E-state index in [1.165, 1.54) is 18.3 Å². The molecule has 1 heterocycles. The van der Waals surface area contributed by atoms with Crippen molar-refractivity contribution in [3.05, 3.63) is 29.6 Å². The quantitative estimate of drug-likeness (QED) is 0.675. The average Bonchev–Trinajstić information content (AvgIpc) is 2.42. The van der Waals surface area contributed by atoms with E-state index in [1.54, 1.807) is 0 Å². The molecule has 0 bridgehead atoms. The predicted molar refractivity (Wildman–Crippen MR) is 70.5 cm³/mol. The zero-order chi connectivity index (χ0) is 14.3. The number of rotatable bonds is 7. The Bertz CT molecular complexity index is 449. The van der Waals surface area contributed by atoms with Crippen LogP contribution in [0.15, 0.2) is 18.3 Å². The van der Waals surface area contributed by atoms with Crippen LogP contribution in [0.5, 0.6) is 0 Å². The Balaban J connectivity index is 2.58. The summed E-state index contributed by atoms with van der Waals surface area (Å²) >= 11 is 0. The van der Waals surface area contributed by atoms with Crippen LogP contribution >= 0.6 is 0 Å². The van der Waals surface area contributed by atoms with Gasteiger partial charge in [0.25, 0.3) is 0 Å². The van der Waals surface area contributed by atoms with E-state index in [4.69, 9.17) is 10.8 Å². The highest BCUT2D eigenvalue weighted by Crippen LogP contribution is 2.06. The zero-order valence-electron chi connectivity index (χ0n) is 10.9. The number of hydrogen-bond donors (Lipinski definition) is 3. The van der Waals surface area contributed by atoms with E-state index in [-0.39, 0.29) is 23.9 Å². The lowest BCUT2D eigenvalue weighted by Gasteiger charge is -2.13. The number of carboxylic acids is 1. The van der Waals surface area contributed by atoms with Crippen LogP contribution in [0.1, 0.15) is 35.8 Å². The van der Waals surface area contributed by atoms with Crippen LogP contribution in [-0.4, -0.2) is 28.5 Å². The highest BCUT2D eigenvalue weighted by molar-refractivity contribution is 5.87. The van der Waals surface area contributed by atoms with Gasteiger partial charge in [0.05, 0.1) is 23.7 Å². The number of pyridine rings is 1. The largest absolute Gasteiger partial charge is 0.478 e. The third-order valence-corrected chi connectivity index (χ3v) is 2.80. The van der Waals surface area contributed by atoms with Crippen LogP contribution in [0.2, 0.25) is 0 Å². The summed E-state index contributed by atoms with van der Waals surface area (Å²) in [7, 11) is 0.